The Bertz CT molecular complexity index is 835. The van der Waals surface area contributed by atoms with Gasteiger partial charge in [-0.05, 0) is 12.1 Å². The zero-order valence-corrected chi connectivity index (χ0v) is 12.2. The normalized spacial score (nSPS) is 10.2. The monoisotopic (exact) mass is 327 g/mol. The average molecular weight is 327 g/mol. The van der Waals surface area contributed by atoms with E-state index in [1.165, 1.54) is 12.4 Å². The molecular formula is C17H11F2N3O2. The Balaban J connectivity index is 1.66. The predicted octanol–water partition coefficient (Wildman–Crippen LogP) is 4.03. The van der Waals surface area contributed by atoms with Crippen LogP contribution in [-0.4, -0.2) is 16.1 Å². The molecule has 0 saturated carbocycles. The van der Waals surface area contributed by atoms with Crippen LogP contribution in [0.3, 0.4) is 0 Å². The number of aromatic nitrogens is 2. The molecule has 0 atom stereocenters. The van der Waals surface area contributed by atoms with E-state index in [0.717, 1.165) is 17.7 Å². The van der Waals surface area contributed by atoms with Gasteiger partial charge in [-0.25, -0.2) is 23.5 Å². The minimum absolute atomic E-state index is 0.0562. The molecule has 0 bridgehead atoms. The summed E-state index contributed by atoms with van der Waals surface area (Å²) in [5.41, 5.74) is 0.767. The molecule has 2 aromatic carbocycles. The van der Waals surface area contributed by atoms with Gasteiger partial charge < -0.3 is 4.74 Å². The molecule has 0 fully saturated rings. The number of anilines is 1. The number of amides is 1. The summed E-state index contributed by atoms with van der Waals surface area (Å²) in [4.78, 5) is 19.9. The van der Waals surface area contributed by atoms with E-state index in [0.29, 0.717) is 11.9 Å². The smallest absolute Gasteiger partial charge is 0.407 e. The van der Waals surface area contributed by atoms with Crippen LogP contribution in [0.15, 0.2) is 60.9 Å². The van der Waals surface area contributed by atoms with Crippen LogP contribution in [0.5, 0.6) is 5.75 Å². The Labute approximate surface area is 136 Å². The third kappa shape index (κ3) is 3.89. The summed E-state index contributed by atoms with van der Waals surface area (Å²) in [5.74, 6) is -1.03. The van der Waals surface area contributed by atoms with E-state index in [9.17, 15) is 13.6 Å². The van der Waals surface area contributed by atoms with Crippen molar-refractivity contribution in [1.29, 1.82) is 0 Å². The van der Waals surface area contributed by atoms with Crippen molar-refractivity contribution in [2.75, 3.05) is 5.32 Å². The number of benzene rings is 2. The first-order chi connectivity index (χ1) is 11.6. The molecule has 1 amide bonds. The number of nitrogens with zero attached hydrogens (tertiary/aromatic N) is 2. The van der Waals surface area contributed by atoms with Crippen LogP contribution in [0.1, 0.15) is 0 Å². The molecule has 120 valence electrons. The summed E-state index contributed by atoms with van der Waals surface area (Å²) in [6.07, 6.45) is 1.76. The number of ether oxygens (including phenoxy) is 1. The molecule has 0 aliphatic carbocycles. The highest BCUT2D eigenvalue weighted by atomic mass is 19.1. The molecule has 3 rings (SSSR count). The van der Waals surface area contributed by atoms with Crippen molar-refractivity contribution in [1.82, 2.24) is 9.97 Å². The maximum absolute atomic E-state index is 13.1. The zero-order chi connectivity index (χ0) is 16.9. The Morgan fingerprint density at radius 1 is 0.958 bits per heavy atom. The quantitative estimate of drug-likeness (QED) is 0.789. The van der Waals surface area contributed by atoms with Gasteiger partial charge in [-0.2, -0.15) is 0 Å². The second-order valence-electron chi connectivity index (χ2n) is 4.78. The van der Waals surface area contributed by atoms with E-state index in [-0.39, 0.29) is 11.4 Å². The highest BCUT2D eigenvalue weighted by molar-refractivity contribution is 5.86. The van der Waals surface area contributed by atoms with Crippen LogP contribution in [0.25, 0.3) is 11.4 Å². The van der Waals surface area contributed by atoms with Crippen molar-refractivity contribution in [3.05, 3.63) is 72.6 Å². The van der Waals surface area contributed by atoms with Crippen molar-refractivity contribution in [3.8, 4) is 17.1 Å². The van der Waals surface area contributed by atoms with Crippen LogP contribution in [-0.2, 0) is 0 Å². The maximum Gasteiger partial charge on any atom is 0.417 e. The molecule has 0 saturated heterocycles. The lowest BCUT2D eigenvalue weighted by atomic mass is 10.2. The highest BCUT2D eigenvalue weighted by Gasteiger charge is 2.09. The van der Waals surface area contributed by atoms with Crippen molar-refractivity contribution in [2.45, 2.75) is 0 Å². The summed E-state index contributed by atoms with van der Waals surface area (Å²) < 4.78 is 31.1. The predicted molar refractivity (Wildman–Crippen MR) is 83.5 cm³/mol. The summed E-state index contributed by atoms with van der Waals surface area (Å²) in [6.45, 7) is 0. The molecule has 5 nitrogen and oxygen atoms in total. The number of hydrogen-bond donors (Lipinski definition) is 1. The van der Waals surface area contributed by atoms with Gasteiger partial charge in [0.15, 0.2) is 11.6 Å². The number of carbonyl (C=O) groups excluding carboxylic acids is 1. The van der Waals surface area contributed by atoms with Crippen LogP contribution in [0.4, 0.5) is 19.3 Å². The first kappa shape index (κ1) is 15.5. The highest BCUT2D eigenvalue weighted by Crippen LogP contribution is 2.17. The van der Waals surface area contributed by atoms with Crippen LogP contribution < -0.4 is 10.1 Å². The van der Waals surface area contributed by atoms with E-state index in [2.05, 4.69) is 15.3 Å². The molecule has 7 heteroatoms. The second-order valence-corrected chi connectivity index (χ2v) is 4.78. The maximum atomic E-state index is 13.1. The van der Waals surface area contributed by atoms with Gasteiger partial charge in [0, 0.05) is 17.3 Å². The number of nitrogens with one attached hydrogen (secondary N) is 1. The molecule has 0 aliphatic heterocycles. The van der Waals surface area contributed by atoms with E-state index in [1.54, 1.807) is 0 Å². The van der Waals surface area contributed by atoms with Gasteiger partial charge in [-0.15, -0.1) is 0 Å². The fourth-order valence-electron chi connectivity index (χ4n) is 1.98. The molecule has 1 heterocycles. The first-order valence-corrected chi connectivity index (χ1v) is 6.92. The zero-order valence-electron chi connectivity index (χ0n) is 12.2. The van der Waals surface area contributed by atoms with Gasteiger partial charge in [-0.1, -0.05) is 30.3 Å². The summed E-state index contributed by atoms with van der Waals surface area (Å²) in [5, 5.41) is 2.22. The third-order valence-corrected chi connectivity index (χ3v) is 2.98. The van der Waals surface area contributed by atoms with Crippen molar-refractivity contribution in [2.24, 2.45) is 0 Å². The van der Waals surface area contributed by atoms with Gasteiger partial charge in [-0.3, -0.25) is 5.32 Å². The largest absolute Gasteiger partial charge is 0.417 e. The lowest BCUT2D eigenvalue weighted by molar-refractivity contribution is 0.215. The van der Waals surface area contributed by atoms with Gasteiger partial charge in [0.25, 0.3) is 0 Å². The fraction of sp³-hybridized carbons (Fsp3) is 0. The molecule has 24 heavy (non-hydrogen) atoms. The van der Waals surface area contributed by atoms with Crippen LogP contribution in [0.2, 0.25) is 0 Å². The Morgan fingerprint density at radius 2 is 1.58 bits per heavy atom. The first-order valence-electron chi connectivity index (χ1n) is 6.92. The lowest BCUT2D eigenvalue weighted by Crippen LogP contribution is -2.17. The van der Waals surface area contributed by atoms with E-state index in [4.69, 9.17) is 4.74 Å². The molecule has 0 radical (unpaired) electrons. The standard InChI is InChI=1S/C17H11F2N3O2/c18-12-6-13(19)8-14(7-12)22-17(23)24-15-9-20-16(21-10-15)11-4-2-1-3-5-11/h1-10H,(H,22,23). The lowest BCUT2D eigenvalue weighted by Gasteiger charge is -2.07. The second kappa shape index (κ2) is 6.82. The molecule has 1 N–H and O–H groups in total. The topological polar surface area (TPSA) is 64.1 Å². The van der Waals surface area contributed by atoms with Crippen LogP contribution in [0, 0.1) is 11.6 Å². The van der Waals surface area contributed by atoms with Crippen molar-refractivity contribution >= 4 is 11.8 Å². The number of halogens is 2. The van der Waals surface area contributed by atoms with E-state index in [1.807, 2.05) is 30.3 Å². The van der Waals surface area contributed by atoms with Crippen molar-refractivity contribution in [3.63, 3.8) is 0 Å². The van der Waals surface area contributed by atoms with Crippen molar-refractivity contribution < 1.29 is 18.3 Å². The molecule has 0 spiro atoms. The third-order valence-electron chi connectivity index (χ3n) is 2.98. The minimum atomic E-state index is -0.906. The number of rotatable bonds is 3. The molecular weight excluding hydrogens is 316 g/mol. The summed E-state index contributed by atoms with van der Waals surface area (Å²) >= 11 is 0. The van der Waals surface area contributed by atoms with E-state index < -0.39 is 17.7 Å². The summed E-state index contributed by atoms with van der Waals surface area (Å²) in [7, 11) is 0. The van der Waals surface area contributed by atoms with Gasteiger partial charge in [0.1, 0.15) is 11.6 Å². The Kier molecular flexibility index (Phi) is 4.42. The van der Waals surface area contributed by atoms with Crippen LogP contribution >= 0.6 is 0 Å². The number of hydrogen-bond acceptors (Lipinski definition) is 4. The Morgan fingerprint density at radius 3 is 2.21 bits per heavy atom. The Hall–Kier alpha value is -3.35. The summed E-state index contributed by atoms with van der Waals surface area (Å²) in [6, 6.07) is 11.9. The number of carbonyl (C=O) groups is 1. The molecule has 1 aromatic heterocycles. The van der Waals surface area contributed by atoms with E-state index >= 15 is 0 Å². The molecule has 0 aliphatic rings. The molecule has 3 aromatic rings. The van der Waals surface area contributed by atoms with Gasteiger partial charge >= 0.3 is 6.09 Å². The SMILES string of the molecule is O=C(Nc1cc(F)cc(F)c1)Oc1cnc(-c2ccccc2)nc1. The fourth-order valence-corrected chi connectivity index (χ4v) is 1.98. The minimum Gasteiger partial charge on any atom is -0.407 e. The van der Waals surface area contributed by atoms with Gasteiger partial charge in [0.2, 0.25) is 0 Å². The average Bonchev–Trinajstić information content (AvgIpc) is 2.55. The van der Waals surface area contributed by atoms with Gasteiger partial charge in [0.05, 0.1) is 12.4 Å². The molecule has 0 unspecified atom stereocenters.